The van der Waals surface area contributed by atoms with Crippen LogP contribution in [0.25, 0.3) is 5.70 Å². The van der Waals surface area contributed by atoms with E-state index < -0.39 is 29.6 Å². The average Bonchev–Trinajstić information content (AvgIpc) is 3.33. The molecule has 0 bridgehead atoms. The van der Waals surface area contributed by atoms with Gasteiger partial charge in [-0.25, -0.2) is 9.37 Å². The molecule has 0 radical (unpaired) electrons. The molecule has 33 heavy (non-hydrogen) atoms. The van der Waals surface area contributed by atoms with E-state index in [4.69, 9.17) is 4.74 Å². The third kappa shape index (κ3) is 6.05. The highest BCUT2D eigenvalue weighted by molar-refractivity contribution is 5.89. The summed E-state index contributed by atoms with van der Waals surface area (Å²) in [6, 6.07) is 2.04. The zero-order valence-corrected chi connectivity index (χ0v) is 17.9. The zero-order chi connectivity index (χ0) is 24.0. The number of carbonyl (C=O) groups is 1. The molecule has 1 fully saturated rings. The Labute approximate surface area is 188 Å². The molecule has 1 saturated heterocycles. The minimum absolute atomic E-state index is 0.0336. The number of hydrogen-bond acceptors (Lipinski definition) is 5. The Morgan fingerprint density at radius 3 is 2.61 bits per heavy atom. The molecule has 0 saturated carbocycles. The van der Waals surface area contributed by atoms with Gasteiger partial charge in [0, 0.05) is 18.8 Å². The fourth-order valence-corrected chi connectivity index (χ4v) is 3.50. The third-order valence-electron chi connectivity index (χ3n) is 5.09. The van der Waals surface area contributed by atoms with Crippen molar-refractivity contribution in [2.24, 2.45) is 5.92 Å². The van der Waals surface area contributed by atoms with Crippen LogP contribution in [-0.4, -0.2) is 50.0 Å². The molecule has 0 N–H and O–H groups in total. The van der Waals surface area contributed by atoms with Crippen LogP contribution in [0.1, 0.15) is 25.3 Å². The van der Waals surface area contributed by atoms with Gasteiger partial charge in [-0.1, -0.05) is 12.7 Å². The lowest BCUT2D eigenvalue weighted by molar-refractivity contribution is -0.138. The van der Waals surface area contributed by atoms with Crippen LogP contribution in [0.2, 0.25) is 0 Å². The van der Waals surface area contributed by atoms with Crippen LogP contribution in [0.4, 0.5) is 17.6 Å². The van der Waals surface area contributed by atoms with Crippen LogP contribution in [-0.2, 0) is 11.0 Å². The van der Waals surface area contributed by atoms with Crippen molar-refractivity contribution in [2.45, 2.75) is 32.0 Å². The van der Waals surface area contributed by atoms with Crippen LogP contribution in [0, 0.1) is 5.92 Å². The van der Waals surface area contributed by atoms with Crippen molar-refractivity contribution in [3.8, 4) is 5.88 Å². The van der Waals surface area contributed by atoms with E-state index in [0.717, 1.165) is 24.3 Å². The molecule has 176 valence electrons. The second-order valence-electron chi connectivity index (χ2n) is 7.31. The lowest BCUT2D eigenvalue weighted by Crippen LogP contribution is -2.47. The second-order valence-corrected chi connectivity index (χ2v) is 7.31. The number of pyridine rings is 1. The standard InChI is InChI=1S/C22H23F4N5O2/c1-3-16(23)12-18(19(4-2)31-28-9-10-29-31)21(32)30-11-5-6-17(14-30)33-20-8-7-15(13-27-20)22(24,25)26/h3-4,7-10,12-13,17-18H,1,5-6,11,14H2,2H3/b16-12?,19-4+/t17-,18?/m1/s1. The topological polar surface area (TPSA) is 73.1 Å². The second kappa shape index (κ2) is 10.4. The van der Waals surface area contributed by atoms with E-state index in [2.05, 4.69) is 21.8 Å². The van der Waals surface area contributed by atoms with E-state index in [1.165, 1.54) is 22.1 Å². The van der Waals surface area contributed by atoms with Gasteiger partial charge in [0.2, 0.25) is 11.8 Å². The van der Waals surface area contributed by atoms with E-state index >= 15 is 0 Å². The maximum absolute atomic E-state index is 14.1. The van der Waals surface area contributed by atoms with Crippen molar-refractivity contribution in [1.82, 2.24) is 24.9 Å². The van der Waals surface area contributed by atoms with Crippen molar-refractivity contribution in [1.29, 1.82) is 0 Å². The minimum atomic E-state index is -4.49. The number of rotatable bonds is 7. The van der Waals surface area contributed by atoms with Gasteiger partial charge in [0.15, 0.2) is 0 Å². The number of halogens is 4. The summed E-state index contributed by atoms with van der Waals surface area (Å²) in [4.78, 5) is 19.9. The Hall–Kier alpha value is -3.50. The minimum Gasteiger partial charge on any atom is -0.472 e. The molecular weight excluding hydrogens is 442 g/mol. The first-order valence-corrected chi connectivity index (χ1v) is 10.2. The van der Waals surface area contributed by atoms with Crippen LogP contribution < -0.4 is 4.74 Å². The van der Waals surface area contributed by atoms with E-state index in [9.17, 15) is 22.4 Å². The van der Waals surface area contributed by atoms with Gasteiger partial charge in [-0.15, -0.1) is 0 Å². The highest BCUT2D eigenvalue weighted by Crippen LogP contribution is 2.30. The van der Waals surface area contributed by atoms with Crippen molar-refractivity contribution in [3.05, 3.63) is 66.9 Å². The molecule has 1 unspecified atom stereocenters. The van der Waals surface area contributed by atoms with Gasteiger partial charge in [-0.05, 0) is 38.0 Å². The number of hydrogen-bond donors (Lipinski definition) is 0. The molecule has 0 aliphatic carbocycles. The van der Waals surface area contributed by atoms with Crippen molar-refractivity contribution >= 4 is 11.6 Å². The number of aromatic nitrogens is 4. The lowest BCUT2D eigenvalue weighted by atomic mass is 9.99. The molecule has 0 aromatic carbocycles. The first-order chi connectivity index (χ1) is 15.7. The SMILES string of the molecule is C=CC(F)=CC(C(=O)N1CCC[C@@H](Oc2ccc(C(F)(F)F)cn2)C1)/C(=C\C)n1nccn1. The molecule has 3 heterocycles. The average molecular weight is 465 g/mol. The van der Waals surface area contributed by atoms with E-state index in [0.29, 0.717) is 31.3 Å². The summed E-state index contributed by atoms with van der Waals surface area (Å²) in [6.07, 6.45) is 3.59. The van der Waals surface area contributed by atoms with E-state index in [1.807, 2.05) is 0 Å². The van der Waals surface area contributed by atoms with Gasteiger partial charge in [-0.3, -0.25) is 4.79 Å². The molecule has 1 aliphatic rings. The lowest BCUT2D eigenvalue weighted by Gasteiger charge is -2.34. The smallest absolute Gasteiger partial charge is 0.417 e. The Morgan fingerprint density at radius 1 is 1.30 bits per heavy atom. The molecule has 2 aromatic rings. The largest absolute Gasteiger partial charge is 0.472 e. The Morgan fingerprint density at radius 2 is 2.03 bits per heavy atom. The predicted octanol–water partition coefficient (Wildman–Crippen LogP) is 4.28. The quantitative estimate of drug-likeness (QED) is 0.451. The first kappa shape index (κ1) is 24.1. The maximum Gasteiger partial charge on any atom is 0.417 e. The van der Waals surface area contributed by atoms with Crippen LogP contribution in [0.15, 0.2) is 61.4 Å². The fourth-order valence-electron chi connectivity index (χ4n) is 3.50. The van der Waals surface area contributed by atoms with Crippen LogP contribution in [0.5, 0.6) is 5.88 Å². The van der Waals surface area contributed by atoms with Crippen molar-refractivity contribution in [3.63, 3.8) is 0 Å². The van der Waals surface area contributed by atoms with Crippen molar-refractivity contribution in [2.75, 3.05) is 13.1 Å². The van der Waals surface area contributed by atoms with Gasteiger partial charge >= 0.3 is 6.18 Å². The van der Waals surface area contributed by atoms with Gasteiger partial charge < -0.3 is 9.64 Å². The molecule has 0 spiro atoms. The summed E-state index contributed by atoms with van der Waals surface area (Å²) >= 11 is 0. The highest BCUT2D eigenvalue weighted by atomic mass is 19.4. The normalized spacial score (nSPS) is 18.7. The molecule has 11 heteroatoms. The first-order valence-electron chi connectivity index (χ1n) is 10.2. The summed E-state index contributed by atoms with van der Waals surface area (Å²) < 4.78 is 58.0. The molecular formula is C22H23F4N5O2. The summed E-state index contributed by atoms with van der Waals surface area (Å²) in [6.45, 7) is 5.67. The van der Waals surface area contributed by atoms with Gasteiger partial charge in [-0.2, -0.15) is 28.2 Å². The predicted molar refractivity (Wildman–Crippen MR) is 112 cm³/mol. The number of likely N-dealkylation sites (tertiary alicyclic amines) is 1. The van der Waals surface area contributed by atoms with Crippen molar-refractivity contribution < 1.29 is 27.1 Å². The molecule has 1 amide bonds. The maximum atomic E-state index is 14.1. The molecule has 3 rings (SSSR count). The third-order valence-corrected chi connectivity index (χ3v) is 5.09. The molecule has 2 atom stereocenters. The molecule has 1 aliphatic heterocycles. The number of nitrogens with zero attached hydrogens (tertiary/aromatic N) is 5. The Bertz CT molecular complexity index is 1020. The number of alkyl halides is 3. The summed E-state index contributed by atoms with van der Waals surface area (Å²) in [5.74, 6) is -2.03. The number of allylic oxidation sites excluding steroid dienone is 3. The van der Waals surface area contributed by atoms with Gasteiger partial charge in [0.1, 0.15) is 17.8 Å². The number of carbonyl (C=O) groups excluding carboxylic acids is 1. The Balaban J connectivity index is 1.76. The molecule has 7 nitrogen and oxygen atoms in total. The van der Waals surface area contributed by atoms with Crippen LogP contribution in [0.3, 0.4) is 0 Å². The van der Waals surface area contributed by atoms with E-state index in [1.54, 1.807) is 13.0 Å². The number of ether oxygens (including phenoxy) is 1. The fraction of sp³-hybridized carbons (Fsp3) is 0.364. The van der Waals surface area contributed by atoms with Gasteiger partial charge in [0.05, 0.1) is 30.2 Å². The molecule has 2 aromatic heterocycles. The monoisotopic (exact) mass is 465 g/mol. The summed E-state index contributed by atoms with van der Waals surface area (Å²) in [7, 11) is 0. The summed E-state index contributed by atoms with van der Waals surface area (Å²) in [5, 5.41) is 8.08. The highest BCUT2D eigenvalue weighted by Gasteiger charge is 2.33. The zero-order valence-electron chi connectivity index (χ0n) is 17.9. The number of amides is 1. The van der Waals surface area contributed by atoms with Crippen LogP contribution >= 0.6 is 0 Å². The van der Waals surface area contributed by atoms with E-state index in [-0.39, 0.29) is 18.3 Å². The van der Waals surface area contributed by atoms with Gasteiger partial charge in [0.25, 0.3) is 0 Å². The Kier molecular flexibility index (Phi) is 7.62. The number of piperidine rings is 1. The summed E-state index contributed by atoms with van der Waals surface area (Å²) in [5.41, 5.74) is -0.505.